The second-order valence-corrected chi connectivity index (χ2v) is 22.4. The Balaban J connectivity index is 3.97. The van der Waals surface area contributed by atoms with Crippen LogP contribution in [0.3, 0.4) is 0 Å². The van der Waals surface area contributed by atoms with Crippen LogP contribution >= 0.6 is 7.82 Å². The fourth-order valence-electron chi connectivity index (χ4n) is 8.05. The molecule has 0 heterocycles. The highest BCUT2D eigenvalue weighted by molar-refractivity contribution is 7.45. The number of hydrogen-bond acceptors (Lipinski definition) is 8. The number of nitrogens with zero attached hydrogens (tertiary/aromatic N) is 1. The molecule has 0 aromatic rings. The lowest BCUT2D eigenvalue weighted by Crippen LogP contribution is -2.37. The van der Waals surface area contributed by atoms with Gasteiger partial charge in [0, 0.05) is 12.8 Å². The zero-order chi connectivity index (χ0) is 54.2. The highest BCUT2D eigenvalue weighted by Crippen LogP contribution is 2.38. The average molecular weight is 1050 g/mol. The number of phosphoric acid groups is 1. The van der Waals surface area contributed by atoms with Crippen molar-refractivity contribution in [3.63, 3.8) is 0 Å². The molecule has 0 N–H and O–H groups in total. The molecular formula is C64H112NO8P. The van der Waals surface area contributed by atoms with E-state index in [0.717, 1.165) is 89.9 Å². The summed E-state index contributed by atoms with van der Waals surface area (Å²) in [5, 5.41) is 0. The zero-order valence-electron chi connectivity index (χ0n) is 48.3. The molecule has 0 radical (unpaired) electrons. The van der Waals surface area contributed by atoms with Crippen LogP contribution in [-0.2, 0) is 32.7 Å². The zero-order valence-corrected chi connectivity index (χ0v) is 49.2. The Labute approximate surface area is 455 Å². The molecule has 2 unspecified atom stereocenters. The Hall–Kier alpha value is -3.07. The van der Waals surface area contributed by atoms with Crippen molar-refractivity contribution in [1.82, 2.24) is 0 Å². The van der Waals surface area contributed by atoms with Crippen molar-refractivity contribution in [1.29, 1.82) is 0 Å². The van der Waals surface area contributed by atoms with Crippen molar-refractivity contribution in [2.45, 2.75) is 251 Å². The molecule has 0 rings (SSSR count). The van der Waals surface area contributed by atoms with Gasteiger partial charge in [-0.3, -0.25) is 14.2 Å². The number of rotatable bonds is 54. The lowest BCUT2D eigenvalue weighted by atomic mass is 10.0. The molecule has 0 saturated heterocycles. The van der Waals surface area contributed by atoms with Gasteiger partial charge in [-0.2, -0.15) is 0 Å². The van der Waals surface area contributed by atoms with Gasteiger partial charge in [0.15, 0.2) is 6.10 Å². The van der Waals surface area contributed by atoms with E-state index in [2.05, 4.69) is 111 Å². The van der Waals surface area contributed by atoms with Gasteiger partial charge in [-0.05, 0) is 89.9 Å². The lowest BCUT2D eigenvalue weighted by Gasteiger charge is -2.28. The van der Waals surface area contributed by atoms with Crippen LogP contribution in [0.4, 0.5) is 0 Å². The quantitative estimate of drug-likeness (QED) is 0.0195. The maximum Gasteiger partial charge on any atom is 0.306 e. The van der Waals surface area contributed by atoms with Crippen molar-refractivity contribution in [2.75, 3.05) is 47.5 Å². The highest BCUT2D eigenvalue weighted by Gasteiger charge is 2.22. The minimum Gasteiger partial charge on any atom is -0.756 e. The van der Waals surface area contributed by atoms with E-state index in [-0.39, 0.29) is 26.1 Å². The fourth-order valence-corrected chi connectivity index (χ4v) is 8.78. The summed E-state index contributed by atoms with van der Waals surface area (Å²) in [5.74, 6) is -0.866. The number of allylic oxidation sites excluding steroid dienone is 16. The van der Waals surface area contributed by atoms with Gasteiger partial charge in [0.1, 0.15) is 19.8 Å². The largest absolute Gasteiger partial charge is 0.756 e. The third-order valence-corrected chi connectivity index (χ3v) is 13.6. The number of carbonyl (C=O) groups is 2. The lowest BCUT2D eigenvalue weighted by molar-refractivity contribution is -0.870. The first kappa shape index (κ1) is 70.9. The van der Waals surface area contributed by atoms with E-state index in [1.165, 1.54) is 116 Å². The van der Waals surface area contributed by atoms with E-state index in [9.17, 15) is 19.0 Å². The van der Waals surface area contributed by atoms with Gasteiger partial charge in [0.2, 0.25) is 0 Å². The normalized spacial score (nSPS) is 14.0. The summed E-state index contributed by atoms with van der Waals surface area (Å²) in [6.07, 6.45) is 74.9. The van der Waals surface area contributed by atoms with Crippen LogP contribution in [-0.4, -0.2) is 70.0 Å². The van der Waals surface area contributed by atoms with Crippen molar-refractivity contribution < 1.29 is 42.1 Å². The first-order valence-electron chi connectivity index (χ1n) is 29.9. The standard InChI is InChI=1S/C64H112NO8P/c1-6-8-10-12-14-16-18-20-21-22-23-24-25-26-27-28-29-30-31-32-33-34-35-36-37-38-39-40-41-42-43-45-47-49-51-53-55-57-64(67)73-62(61-72-74(68,69)71-59-58-65(3,4)5)60-70-63(66)56-54-52-50-48-46-44-19-17-15-13-11-9-7-2/h8-11,14-17,20-21,23-24,26-27,44,46,62H,6-7,12-13,18-19,22,25,28-43,45,47-61H2,1-5H3/b10-8-,11-9-,16-14-,17-15-,21-20-,24-23-,27-26-,46-44-. The van der Waals surface area contributed by atoms with Gasteiger partial charge in [0.25, 0.3) is 7.82 Å². The van der Waals surface area contributed by atoms with Crippen LogP contribution in [0.15, 0.2) is 97.2 Å². The predicted octanol–water partition coefficient (Wildman–Crippen LogP) is 18.2. The van der Waals surface area contributed by atoms with Crippen molar-refractivity contribution in [2.24, 2.45) is 0 Å². The summed E-state index contributed by atoms with van der Waals surface area (Å²) in [4.78, 5) is 37.8. The maximum absolute atomic E-state index is 12.8. The first-order valence-corrected chi connectivity index (χ1v) is 31.4. The van der Waals surface area contributed by atoms with Crippen molar-refractivity contribution in [3.05, 3.63) is 97.2 Å². The summed E-state index contributed by atoms with van der Waals surface area (Å²) in [6.45, 7) is 3.98. The number of hydrogen-bond donors (Lipinski definition) is 0. The third kappa shape index (κ3) is 58.2. The second-order valence-electron chi connectivity index (χ2n) is 20.9. The number of phosphoric ester groups is 1. The average Bonchev–Trinajstić information content (AvgIpc) is 3.36. The molecule has 74 heavy (non-hydrogen) atoms. The molecule has 0 aromatic heterocycles. The molecule has 0 saturated carbocycles. The van der Waals surface area contributed by atoms with E-state index in [0.29, 0.717) is 23.9 Å². The van der Waals surface area contributed by atoms with Crippen LogP contribution < -0.4 is 4.89 Å². The molecule has 0 aliphatic rings. The van der Waals surface area contributed by atoms with E-state index in [4.69, 9.17) is 18.5 Å². The summed E-state index contributed by atoms with van der Waals surface area (Å²) in [6, 6.07) is 0. The minimum atomic E-state index is -4.64. The van der Waals surface area contributed by atoms with E-state index in [1.807, 2.05) is 21.1 Å². The molecule has 9 nitrogen and oxygen atoms in total. The minimum absolute atomic E-state index is 0.0380. The number of quaternary nitrogens is 1. The van der Waals surface area contributed by atoms with Crippen molar-refractivity contribution >= 4 is 19.8 Å². The van der Waals surface area contributed by atoms with Crippen LogP contribution in [0.1, 0.15) is 245 Å². The predicted molar refractivity (Wildman–Crippen MR) is 314 cm³/mol. The Kier molecular flexibility index (Phi) is 52.4. The van der Waals surface area contributed by atoms with Crippen LogP contribution in [0.25, 0.3) is 0 Å². The van der Waals surface area contributed by atoms with Crippen molar-refractivity contribution in [3.8, 4) is 0 Å². The fraction of sp³-hybridized carbons (Fsp3) is 0.719. The number of carbonyl (C=O) groups excluding carboxylic acids is 2. The van der Waals surface area contributed by atoms with E-state index >= 15 is 0 Å². The maximum atomic E-state index is 12.8. The van der Waals surface area contributed by atoms with Gasteiger partial charge in [-0.15, -0.1) is 0 Å². The van der Waals surface area contributed by atoms with Gasteiger partial charge < -0.3 is 27.9 Å². The molecule has 10 heteroatoms. The molecule has 0 aliphatic heterocycles. The van der Waals surface area contributed by atoms with Gasteiger partial charge >= 0.3 is 11.9 Å². The second kappa shape index (κ2) is 54.7. The monoisotopic (exact) mass is 1050 g/mol. The number of likely N-dealkylation sites (N-methyl/N-ethyl adjacent to an activating group) is 1. The van der Waals surface area contributed by atoms with Crippen LogP contribution in [0, 0.1) is 0 Å². The first-order chi connectivity index (χ1) is 36.0. The van der Waals surface area contributed by atoms with Crippen LogP contribution in [0.5, 0.6) is 0 Å². The molecule has 0 amide bonds. The molecule has 426 valence electrons. The molecule has 0 spiro atoms. The highest BCUT2D eigenvalue weighted by atomic mass is 31.2. The molecule has 0 aromatic carbocycles. The number of unbranched alkanes of at least 4 members (excludes halogenated alkanes) is 24. The summed E-state index contributed by atoms with van der Waals surface area (Å²) < 4.78 is 34.1. The summed E-state index contributed by atoms with van der Waals surface area (Å²) in [5.41, 5.74) is 0. The topological polar surface area (TPSA) is 111 Å². The SMILES string of the molecule is CC/C=C\C/C=C\C/C=C\C/C=C\C/C=C\CCCCCCCCCCCCCCCCCCCCCCCC(=O)OC(COC(=O)CCCCC/C=C\C/C=C\C/C=C\CC)COP(=O)([O-])OCC[N+](C)(C)C. The van der Waals surface area contributed by atoms with Gasteiger partial charge in [0.05, 0.1) is 27.7 Å². The molecular weight excluding hydrogens is 942 g/mol. The summed E-state index contributed by atoms with van der Waals surface area (Å²) in [7, 11) is 1.15. The Morgan fingerprint density at radius 3 is 1.09 bits per heavy atom. The molecule has 0 fully saturated rings. The molecule has 0 bridgehead atoms. The smallest absolute Gasteiger partial charge is 0.306 e. The summed E-state index contributed by atoms with van der Waals surface area (Å²) >= 11 is 0. The molecule has 2 atom stereocenters. The van der Waals surface area contributed by atoms with E-state index < -0.39 is 32.5 Å². The van der Waals surface area contributed by atoms with Gasteiger partial charge in [-0.1, -0.05) is 239 Å². The van der Waals surface area contributed by atoms with E-state index in [1.54, 1.807) is 0 Å². The Morgan fingerprint density at radius 1 is 0.419 bits per heavy atom. The number of ether oxygens (including phenoxy) is 2. The third-order valence-electron chi connectivity index (χ3n) is 12.6. The number of esters is 2. The Morgan fingerprint density at radius 2 is 0.730 bits per heavy atom. The van der Waals surface area contributed by atoms with Gasteiger partial charge in [-0.25, -0.2) is 0 Å². The van der Waals surface area contributed by atoms with Crippen LogP contribution in [0.2, 0.25) is 0 Å². The molecule has 0 aliphatic carbocycles. The Bertz CT molecular complexity index is 1570.